The van der Waals surface area contributed by atoms with Gasteiger partial charge >= 0.3 is 0 Å². The van der Waals surface area contributed by atoms with Crippen molar-refractivity contribution >= 4 is 21.5 Å². The molecule has 21 heavy (non-hydrogen) atoms. The lowest BCUT2D eigenvalue weighted by molar-refractivity contribution is -0.129. The fourth-order valence-electron chi connectivity index (χ4n) is 1.93. The number of nitrogens with zero attached hydrogens (tertiary/aromatic N) is 2. The molecule has 0 bridgehead atoms. The first-order valence-electron chi connectivity index (χ1n) is 6.33. The Balaban J connectivity index is 2.29. The SMILES string of the molecule is C=CC(=O)N(C)CC(=O)N=S1(=O)CCOc2ccccc21. The third-order valence-corrected chi connectivity index (χ3v) is 5.23. The first kappa shape index (κ1) is 15.2. The Bertz CT molecular complexity index is 705. The van der Waals surface area contributed by atoms with Crippen molar-refractivity contribution < 1.29 is 18.5 Å². The molecule has 1 aromatic carbocycles. The van der Waals surface area contributed by atoms with Crippen molar-refractivity contribution in [3.05, 3.63) is 36.9 Å². The summed E-state index contributed by atoms with van der Waals surface area (Å²) in [4.78, 5) is 24.9. The van der Waals surface area contributed by atoms with Gasteiger partial charge in [0.25, 0.3) is 5.91 Å². The van der Waals surface area contributed by atoms with E-state index in [1.165, 1.54) is 11.9 Å². The van der Waals surface area contributed by atoms with Crippen LogP contribution in [-0.2, 0) is 19.3 Å². The number of hydrogen-bond donors (Lipinski definition) is 0. The molecule has 0 aromatic heterocycles. The Hall–Kier alpha value is -2.15. The third-order valence-electron chi connectivity index (χ3n) is 2.98. The number of carbonyl (C=O) groups is 2. The molecule has 0 radical (unpaired) electrons. The quantitative estimate of drug-likeness (QED) is 0.783. The maximum absolute atomic E-state index is 12.9. The van der Waals surface area contributed by atoms with Gasteiger partial charge in [-0.2, -0.15) is 4.36 Å². The maximum Gasteiger partial charge on any atom is 0.273 e. The van der Waals surface area contributed by atoms with Crippen molar-refractivity contribution in [2.24, 2.45) is 4.36 Å². The third kappa shape index (κ3) is 3.30. The van der Waals surface area contributed by atoms with Crippen LogP contribution in [0.5, 0.6) is 5.75 Å². The highest BCUT2D eigenvalue weighted by molar-refractivity contribution is 7.94. The zero-order valence-electron chi connectivity index (χ0n) is 11.7. The Morgan fingerprint density at radius 2 is 2.19 bits per heavy atom. The van der Waals surface area contributed by atoms with E-state index >= 15 is 0 Å². The van der Waals surface area contributed by atoms with Gasteiger partial charge in [0.2, 0.25) is 5.91 Å². The van der Waals surface area contributed by atoms with Gasteiger partial charge in [0.15, 0.2) is 0 Å². The van der Waals surface area contributed by atoms with E-state index in [2.05, 4.69) is 10.9 Å². The number of amides is 2. The summed E-state index contributed by atoms with van der Waals surface area (Å²) in [6.45, 7) is 3.35. The van der Waals surface area contributed by atoms with Gasteiger partial charge in [-0.1, -0.05) is 18.7 Å². The molecule has 7 heteroatoms. The number of hydrogen-bond acceptors (Lipinski definition) is 4. The van der Waals surface area contributed by atoms with Crippen LogP contribution in [0.1, 0.15) is 0 Å². The van der Waals surface area contributed by atoms with Gasteiger partial charge in [0, 0.05) is 7.05 Å². The number of fused-ring (bicyclic) bond motifs is 1. The Kier molecular flexibility index (Phi) is 4.42. The summed E-state index contributed by atoms with van der Waals surface area (Å²) < 4.78 is 22.1. The van der Waals surface area contributed by atoms with Crippen LogP contribution in [0.15, 0.2) is 46.2 Å². The van der Waals surface area contributed by atoms with Crippen molar-refractivity contribution in [2.45, 2.75) is 4.90 Å². The average Bonchev–Trinajstić information content (AvgIpc) is 2.46. The highest BCUT2D eigenvalue weighted by atomic mass is 32.2. The van der Waals surface area contributed by atoms with E-state index in [-0.39, 0.29) is 24.8 Å². The van der Waals surface area contributed by atoms with E-state index in [0.29, 0.717) is 10.6 Å². The van der Waals surface area contributed by atoms with Crippen molar-refractivity contribution in [2.75, 3.05) is 26.0 Å². The van der Waals surface area contributed by atoms with Crippen LogP contribution in [0.4, 0.5) is 0 Å². The number of carbonyl (C=O) groups excluding carboxylic acids is 2. The molecule has 1 aromatic rings. The minimum Gasteiger partial charge on any atom is -0.491 e. The summed E-state index contributed by atoms with van der Waals surface area (Å²) in [6, 6.07) is 6.83. The van der Waals surface area contributed by atoms with Gasteiger partial charge in [-0.15, -0.1) is 0 Å². The van der Waals surface area contributed by atoms with Gasteiger partial charge < -0.3 is 9.64 Å². The number of rotatable bonds is 3. The number of para-hydroxylation sites is 1. The van der Waals surface area contributed by atoms with Gasteiger partial charge in [0.05, 0.1) is 20.4 Å². The van der Waals surface area contributed by atoms with Crippen LogP contribution in [0, 0.1) is 0 Å². The van der Waals surface area contributed by atoms with E-state index in [1.54, 1.807) is 24.3 Å². The molecule has 1 atom stereocenters. The van der Waals surface area contributed by atoms with Crippen molar-refractivity contribution in [3.63, 3.8) is 0 Å². The second-order valence-corrected chi connectivity index (χ2v) is 6.83. The number of ether oxygens (including phenoxy) is 1. The molecule has 0 saturated carbocycles. The maximum atomic E-state index is 12.9. The fraction of sp³-hybridized carbons (Fsp3) is 0.286. The lowest BCUT2D eigenvalue weighted by atomic mass is 10.3. The van der Waals surface area contributed by atoms with Crippen LogP contribution in [-0.4, -0.2) is 46.9 Å². The molecule has 1 heterocycles. The fourth-order valence-corrected chi connectivity index (χ4v) is 3.77. The predicted octanol–water partition coefficient (Wildman–Crippen LogP) is 1.08. The summed E-state index contributed by atoms with van der Waals surface area (Å²) in [7, 11) is -1.38. The Morgan fingerprint density at radius 1 is 1.48 bits per heavy atom. The average molecular weight is 308 g/mol. The smallest absolute Gasteiger partial charge is 0.273 e. The topological polar surface area (TPSA) is 76.0 Å². The predicted molar refractivity (Wildman–Crippen MR) is 78.5 cm³/mol. The minimum atomic E-state index is -2.84. The van der Waals surface area contributed by atoms with E-state index in [9.17, 15) is 13.8 Å². The van der Waals surface area contributed by atoms with E-state index in [0.717, 1.165) is 6.08 Å². The van der Waals surface area contributed by atoms with Gasteiger partial charge in [-0.3, -0.25) is 9.59 Å². The molecule has 2 rings (SSSR count). The minimum absolute atomic E-state index is 0.162. The molecule has 1 aliphatic rings. The Labute approximate surface area is 123 Å². The normalized spacial score (nSPS) is 19.9. The van der Waals surface area contributed by atoms with Crippen LogP contribution < -0.4 is 4.74 Å². The molecular weight excluding hydrogens is 292 g/mol. The van der Waals surface area contributed by atoms with Crippen molar-refractivity contribution in [1.82, 2.24) is 4.90 Å². The molecular formula is C14H16N2O4S. The molecule has 0 N–H and O–H groups in total. The van der Waals surface area contributed by atoms with Gasteiger partial charge in [0.1, 0.15) is 18.9 Å². The molecule has 0 saturated heterocycles. The first-order valence-corrected chi connectivity index (χ1v) is 8.02. The summed E-state index contributed by atoms with van der Waals surface area (Å²) in [5.41, 5.74) is 0. The van der Waals surface area contributed by atoms with Crippen LogP contribution >= 0.6 is 0 Å². The molecule has 1 aliphatic heterocycles. The molecule has 0 aliphatic carbocycles. The molecule has 0 fully saturated rings. The van der Waals surface area contributed by atoms with Gasteiger partial charge in [-0.05, 0) is 18.2 Å². The van der Waals surface area contributed by atoms with Crippen molar-refractivity contribution in [3.8, 4) is 5.75 Å². The number of benzene rings is 1. The zero-order valence-corrected chi connectivity index (χ0v) is 12.5. The summed E-state index contributed by atoms with van der Waals surface area (Å²) in [6.07, 6.45) is 1.11. The summed E-state index contributed by atoms with van der Waals surface area (Å²) in [5.74, 6) is -0.342. The highest BCUT2D eigenvalue weighted by Crippen LogP contribution is 2.29. The van der Waals surface area contributed by atoms with Crippen LogP contribution in [0.25, 0.3) is 0 Å². The number of likely N-dealkylation sites (N-methyl/N-ethyl adjacent to an activating group) is 1. The molecule has 2 amide bonds. The lowest BCUT2D eigenvalue weighted by Crippen LogP contribution is -2.31. The van der Waals surface area contributed by atoms with E-state index in [4.69, 9.17) is 4.74 Å². The highest BCUT2D eigenvalue weighted by Gasteiger charge is 2.24. The molecule has 6 nitrogen and oxygen atoms in total. The monoisotopic (exact) mass is 308 g/mol. The van der Waals surface area contributed by atoms with Crippen LogP contribution in [0.3, 0.4) is 0 Å². The first-order chi connectivity index (χ1) is 9.96. The zero-order chi connectivity index (χ0) is 15.5. The van der Waals surface area contributed by atoms with Crippen LogP contribution in [0.2, 0.25) is 0 Å². The molecule has 1 unspecified atom stereocenters. The van der Waals surface area contributed by atoms with E-state index in [1.807, 2.05) is 0 Å². The molecule has 0 spiro atoms. The largest absolute Gasteiger partial charge is 0.491 e. The summed E-state index contributed by atoms with van der Waals surface area (Å²) >= 11 is 0. The van der Waals surface area contributed by atoms with Gasteiger partial charge in [-0.25, -0.2) is 4.21 Å². The summed E-state index contributed by atoms with van der Waals surface area (Å²) in [5, 5.41) is 0. The molecule has 112 valence electrons. The lowest BCUT2D eigenvalue weighted by Gasteiger charge is -2.20. The second-order valence-electron chi connectivity index (χ2n) is 4.52. The van der Waals surface area contributed by atoms with Crippen molar-refractivity contribution in [1.29, 1.82) is 0 Å². The Morgan fingerprint density at radius 3 is 2.90 bits per heavy atom. The second kappa shape index (κ2) is 6.09. The van der Waals surface area contributed by atoms with E-state index < -0.39 is 15.6 Å². The standard InChI is InChI=1S/C14H16N2O4S/c1-3-14(18)16(2)10-13(17)15-21(19)9-8-20-11-6-4-5-7-12(11)21/h3-7H,1,8-10H2,2H3.